The number of aliphatic hydroxyl groups is 4. The van der Waals surface area contributed by atoms with Gasteiger partial charge in [0.25, 0.3) is 0 Å². The second-order valence-electron chi connectivity index (χ2n) is 6.82. The average Bonchev–Trinajstić information content (AvgIpc) is 2.73. The number of carbonyl (C=O) groups excluding carboxylic acids is 3. The van der Waals surface area contributed by atoms with E-state index in [0.717, 1.165) is 11.8 Å². The van der Waals surface area contributed by atoms with Crippen LogP contribution in [0.1, 0.15) is 17.3 Å². The Hall–Kier alpha value is -2.02. The zero-order valence-corrected chi connectivity index (χ0v) is 17.1. The number of nitrogens with one attached hydrogen (secondary N) is 2. The third-order valence-corrected chi connectivity index (χ3v) is 5.55. The lowest BCUT2D eigenvalue weighted by molar-refractivity contribution is -0.253. The van der Waals surface area contributed by atoms with E-state index in [2.05, 4.69) is 10.6 Å². The standard InChI is InChI=1S/C19H26N2O8S/c1-10(23)20-12(8-30-9-13(24)11-5-3-2-4-6-11)18(27)21-15-17(26)16(25)14(7-22)29-19(15)28/h2-6,12,14-17,19,22,25-26,28H,7-9H2,1H3,(H,20,23)(H,21,27)/t12-,14+,15+,16+,17+,19-/m0/s1. The highest BCUT2D eigenvalue weighted by atomic mass is 32.2. The number of benzene rings is 1. The van der Waals surface area contributed by atoms with E-state index in [-0.39, 0.29) is 17.3 Å². The van der Waals surface area contributed by atoms with Crippen molar-refractivity contribution in [3.63, 3.8) is 0 Å². The molecule has 1 saturated heterocycles. The quantitative estimate of drug-likeness (QED) is 0.238. The predicted molar refractivity (Wildman–Crippen MR) is 108 cm³/mol. The molecule has 1 aliphatic rings. The first-order valence-electron chi connectivity index (χ1n) is 9.28. The van der Waals surface area contributed by atoms with Crippen molar-refractivity contribution in [2.45, 2.75) is 43.6 Å². The number of ketones is 1. The number of rotatable bonds is 9. The molecule has 0 saturated carbocycles. The third-order valence-electron chi connectivity index (χ3n) is 4.52. The molecule has 0 bridgehead atoms. The van der Waals surface area contributed by atoms with E-state index in [0.29, 0.717) is 5.56 Å². The second-order valence-corrected chi connectivity index (χ2v) is 7.85. The van der Waals surface area contributed by atoms with Crippen LogP contribution in [-0.2, 0) is 14.3 Å². The van der Waals surface area contributed by atoms with E-state index in [1.54, 1.807) is 30.3 Å². The van der Waals surface area contributed by atoms with Gasteiger partial charge >= 0.3 is 0 Å². The summed E-state index contributed by atoms with van der Waals surface area (Å²) in [6.45, 7) is 0.597. The van der Waals surface area contributed by atoms with Crippen LogP contribution < -0.4 is 10.6 Å². The molecule has 166 valence electrons. The molecule has 11 heteroatoms. The largest absolute Gasteiger partial charge is 0.394 e. The van der Waals surface area contributed by atoms with Gasteiger partial charge in [0.15, 0.2) is 12.1 Å². The smallest absolute Gasteiger partial charge is 0.243 e. The molecule has 6 N–H and O–H groups in total. The topological polar surface area (TPSA) is 165 Å². The highest BCUT2D eigenvalue weighted by Crippen LogP contribution is 2.20. The molecule has 0 unspecified atom stereocenters. The molecule has 10 nitrogen and oxygen atoms in total. The fourth-order valence-electron chi connectivity index (χ4n) is 2.92. The molecule has 6 atom stereocenters. The summed E-state index contributed by atoms with van der Waals surface area (Å²) < 4.78 is 5.00. The first kappa shape index (κ1) is 24.3. The first-order valence-corrected chi connectivity index (χ1v) is 10.4. The summed E-state index contributed by atoms with van der Waals surface area (Å²) in [6.07, 6.45) is -6.00. The Morgan fingerprint density at radius 3 is 2.40 bits per heavy atom. The lowest BCUT2D eigenvalue weighted by Gasteiger charge is -2.40. The minimum atomic E-state index is -1.67. The Bertz CT molecular complexity index is 735. The van der Waals surface area contributed by atoms with Gasteiger partial charge in [0, 0.05) is 18.2 Å². The highest BCUT2D eigenvalue weighted by Gasteiger charge is 2.44. The Morgan fingerprint density at radius 1 is 1.13 bits per heavy atom. The van der Waals surface area contributed by atoms with Crippen LogP contribution in [0.3, 0.4) is 0 Å². The van der Waals surface area contributed by atoms with Gasteiger partial charge in [-0.15, -0.1) is 0 Å². The number of ether oxygens (including phenoxy) is 1. The third kappa shape index (κ3) is 6.49. The predicted octanol–water partition coefficient (Wildman–Crippen LogP) is -1.98. The molecular weight excluding hydrogens is 416 g/mol. The van der Waals surface area contributed by atoms with Gasteiger partial charge < -0.3 is 35.8 Å². The van der Waals surface area contributed by atoms with Crippen LogP contribution in [0.4, 0.5) is 0 Å². The highest BCUT2D eigenvalue weighted by molar-refractivity contribution is 8.00. The number of hydrogen-bond acceptors (Lipinski definition) is 9. The summed E-state index contributed by atoms with van der Waals surface area (Å²) in [5.41, 5.74) is 0.531. The second kappa shape index (κ2) is 11.4. The summed E-state index contributed by atoms with van der Waals surface area (Å²) in [5.74, 6) is -1.20. The number of thioether (sulfide) groups is 1. The Labute approximate surface area is 177 Å². The molecule has 0 spiro atoms. The van der Waals surface area contributed by atoms with Gasteiger partial charge in [-0.05, 0) is 0 Å². The normalized spacial score (nSPS) is 27.2. The van der Waals surface area contributed by atoms with Crippen molar-refractivity contribution in [2.24, 2.45) is 0 Å². The summed E-state index contributed by atoms with van der Waals surface area (Å²) in [5, 5.41) is 44.0. The van der Waals surface area contributed by atoms with E-state index >= 15 is 0 Å². The lowest BCUT2D eigenvalue weighted by atomic mass is 9.97. The molecule has 0 aliphatic carbocycles. The zero-order valence-electron chi connectivity index (χ0n) is 16.3. The maximum Gasteiger partial charge on any atom is 0.243 e. The monoisotopic (exact) mass is 442 g/mol. The van der Waals surface area contributed by atoms with Crippen molar-refractivity contribution in [1.29, 1.82) is 0 Å². The lowest BCUT2D eigenvalue weighted by Crippen LogP contribution is -2.65. The molecule has 0 aromatic heterocycles. The van der Waals surface area contributed by atoms with Gasteiger partial charge in [-0.2, -0.15) is 11.8 Å². The number of amides is 2. The Kier molecular flexibility index (Phi) is 9.21. The van der Waals surface area contributed by atoms with Crippen LogP contribution in [0.5, 0.6) is 0 Å². The van der Waals surface area contributed by atoms with Crippen LogP contribution in [0.2, 0.25) is 0 Å². The van der Waals surface area contributed by atoms with Gasteiger partial charge in [0.05, 0.1) is 12.4 Å². The molecule has 0 radical (unpaired) electrons. The maximum absolute atomic E-state index is 12.6. The maximum atomic E-state index is 12.6. The number of hydrogen-bond donors (Lipinski definition) is 6. The molecule has 1 heterocycles. The van der Waals surface area contributed by atoms with Crippen LogP contribution >= 0.6 is 11.8 Å². The van der Waals surface area contributed by atoms with Gasteiger partial charge in [-0.3, -0.25) is 14.4 Å². The van der Waals surface area contributed by atoms with Crippen LogP contribution in [-0.4, -0.2) is 92.8 Å². The SMILES string of the molecule is CC(=O)N[C@@H](CSCC(=O)c1ccccc1)C(=O)N[C@@H]1[C@@H](O)[C@H](O)[C@@H](CO)O[C@@H]1O. The van der Waals surface area contributed by atoms with Gasteiger partial charge in [-0.1, -0.05) is 30.3 Å². The summed E-state index contributed by atoms with van der Waals surface area (Å²) in [4.78, 5) is 36.3. The van der Waals surface area contributed by atoms with Crippen LogP contribution in [0, 0.1) is 0 Å². The summed E-state index contributed by atoms with van der Waals surface area (Å²) in [6, 6.07) is 6.20. The van der Waals surface area contributed by atoms with Crippen LogP contribution in [0.15, 0.2) is 30.3 Å². The fourth-order valence-corrected chi connectivity index (χ4v) is 3.86. The molecule has 2 rings (SSSR count). The molecule has 2 amide bonds. The summed E-state index contributed by atoms with van der Waals surface area (Å²) in [7, 11) is 0. The van der Waals surface area contributed by atoms with E-state index in [4.69, 9.17) is 9.84 Å². The molecular formula is C19H26N2O8S. The average molecular weight is 442 g/mol. The van der Waals surface area contributed by atoms with E-state index < -0.39 is 55.1 Å². The number of carbonyl (C=O) groups is 3. The van der Waals surface area contributed by atoms with Crippen molar-refractivity contribution in [2.75, 3.05) is 18.1 Å². The van der Waals surface area contributed by atoms with Crippen LogP contribution in [0.25, 0.3) is 0 Å². The number of Topliss-reactive ketones (excluding diaryl/α,β-unsaturated/α-hetero) is 1. The summed E-state index contributed by atoms with van der Waals surface area (Å²) >= 11 is 1.14. The first-order chi connectivity index (χ1) is 14.2. The Morgan fingerprint density at radius 2 is 1.80 bits per heavy atom. The van der Waals surface area contributed by atoms with E-state index in [9.17, 15) is 29.7 Å². The molecule has 30 heavy (non-hydrogen) atoms. The van der Waals surface area contributed by atoms with E-state index in [1.807, 2.05) is 0 Å². The number of aliphatic hydroxyl groups excluding tert-OH is 4. The van der Waals surface area contributed by atoms with Crippen molar-refractivity contribution in [3.05, 3.63) is 35.9 Å². The molecule has 1 aromatic rings. The molecule has 1 fully saturated rings. The zero-order chi connectivity index (χ0) is 22.3. The molecule has 1 aromatic carbocycles. The van der Waals surface area contributed by atoms with Crippen molar-refractivity contribution in [3.8, 4) is 0 Å². The van der Waals surface area contributed by atoms with Crippen molar-refractivity contribution in [1.82, 2.24) is 10.6 Å². The minimum Gasteiger partial charge on any atom is -0.394 e. The van der Waals surface area contributed by atoms with Gasteiger partial charge in [0.1, 0.15) is 30.4 Å². The van der Waals surface area contributed by atoms with Crippen molar-refractivity contribution < 1.29 is 39.5 Å². The Balaban J connectivity index is 1.96. The minimum absolute atomic E-state index is 0.0611. The molecule has 1 aliphatic heterocycles. The van der Waals surface area contributed by atoms with Gasteiger partial charge in [0.2, 0.25) is 11.8 Å². The fraction of sp³-hybridized carbons (Fsp3) is 0.526. The van der Waals surface area contributed by atoms with Crippen molar-refractivity contribution >= 4 is 29.4 Å². The van der Waals surface area contributed by atoms with Gasteiger partial charge in [-0.25, -0.2) is 0 Å². The van der Waals surface area contributed by atoms with E-state index in [1.165, 1.54) is 6.92 Å².